The molecule has 66 valence electrons. The van der Waals surface area contributed by atoms with Crippen LogP contribution in [-0.2, 0) is 6.54 Å². The minimum Gasteiger partial charge on any atom is -0.317 e. The highest BCUT2D eigenvalue weighted by molar-refractivity contribution is 7.97. The molecule has 2 aromatic rings. The van der Waals surface area contributed by atoms with E-state index in [1.807, 2.05) is 6.07 Å². The Bertz CT molecular complexity index is 449. The summed E-state index contributed by atoms with van der Waals surface area (Å²) in [5.41, 5.74) is 2.33. The molecule has 0 aliphatic carbocycles. The Kier molecular flexibility index (Phi) is 1.57. The van der Waals surface area contributed by atoms with Crippen molar-refractivity contribution >= 4 is 23.0 Å². The van der Waals surface area contributed by atoms with Crippen LogP contribution in [0.1, 0.15) is 0 Å². The maximum Gasteiger partial charge on any atom is 0.184 e. The molecule has 0 unspecified atom stereocenters. The summed E-state index contributed by atoms with van der Waals surface area (Å²) in [6.07, 6.45) is 0. The first-order chi connectivity index (χ1) is 6.45. The Hall–Kier alpha value is -1.000. The first-order valence-corrected chi connectivity index (χ1v) is 5.12. The molecule has 1 aromatic carbocycles. The molecule has 1 aliphatic rings. The van der Waals surface area contributed by atoms with E-state index in [0.717, 1.165) is 23.8 Å². The summed E-state index contributed by atoms with van der Waals surface area (Å²) >= 11 is 1.62. The van der Waals surface area contributed by atoms with Gasteiger partial charge in [-0.25, -0.2) is 4.98 Å². The minimum absolute atomic E-state index is 1.01. The maximum atomic E-state index is 4.52. The van der Waals surface area contributed by atoms with Gasteiger partial charge in [0.05, 0.1) is 11.0 Å². The van der Waals surface area contributed by atoms with Crippen molar-refractivity contribution in [2.24, 2.45) is 0 Å². The molecule has 0 radical (unpaired) electrons. The van der Waals surface area contributed by atoms with Crippen molar-refractivity contribution in [3.63, 3.8) is 0 Å². The fourth-order valence-corrected chi connectivity index (χ4v) is 2.39. The fraction of sp³-hybridized carbons (Fsp3) is 0.222. The second-order valence-electron chi connectivity index (χ2n) is 3.03. The van der Waals surface area contributed by atoms with Crippen LogP contribution < -0.4 is 4.72 Å². The first kappa shape index (κ1) is 7.41. The molecule has 2 heterocycles. The highest BCUT2D eigenvalue weighted by Gasteiger charge is 2.13. The summed E-state index contributed by atoms with van der Waals surface area (Å²) in [5, 5.41) is 1.08. The molecule has 0 saturated carbocycles. The molecular formula is C9H9N3S. The van der Waals surface area contributed by atoms with Crippen LogP contribution in [0.3, 0.4) is 0 Å². The number of nitrogens with one attached hydrogen (secondary N) is 1. The molecule has 1 aliphatic heterocycles. The van der Waals surface area contributed by atoms with Crippen LogP contribution in [0, 0.1) is 0 Å². The molecule has 1 N–H and O–H groups in total. The average molecular weight is 191 g/mol. The average Bonchev–Trinajstić information content (AvgIpc) is 2.56. The molecule has 0 fully saturated rings. The fourth-order valence-electron chi connectivity index (χ4n) is 1.62. The van der Waals surface area contributed by atoms with Gasteiger partial charge in [-0.15, -0.1) is 0 Å². The minimum atomic E-state index is 1.01. The van der Waals surface area contributed by atoms with E-state index in [2.05, 4.69) is 32.5 Å². The zero-order valence-corrected chi connectivity index (χ0v) is 7.84. The summed E-state index contributed by atoms with van der Waals surface area (Å²) in [6, 6.07) is 8.27. The van der Waals surface area contributed by atoms with E-state index >= 15 is 0 Å². The maximum absolute atomic E-state index is 4.52. The summed E-state index contributed by atoms with van der Waals surface area (Å²) in [4.78, 5) is 4.52. The van der Waals surface area contributed by atoms with Gasteiger partial charge in [0.15, 0.2) is 5.16 Å². The summed E-state index contributed by atoms with van der Waals surface area (Å²) in [7, 11) is 0. The van der Waals surface area contributed by atoms with Crippen LogP contribution in [0.5, 0.6) is 0 Å². The van der Waals surface area contributed by atoms with E-state index in [-0.39, 0.29) is 0 Å². The molecule has 0 spiro atoms. The molecule has 0 atom stereocenters. The quantitative estimate of drug-likeness (QED) is 0.642. The van der Waals surface area contributed by atoms with Crippen molar-refractivity contribution in [1.82, 2.24) is 14.3 Å². The van der Waals surface area contributed by atoms with Crippen molar-refractivity contribution in [2.45, 2.75) is 11.7 Å². The van der Waals surface area contributed by atoms with Crippen LogP contribution in [0.2, 0.25) is 0 Å². The van der Waals surface area contributed by atoms with E-state index in [1.54, 1.807) is 11.9 Å². The molecule has 1 aromatic heterocycles. The van der Waals surface area contributed by atoms with Gasteiger partial charge in [0.2, 0.25) is 0 Å². The zero-order chi connectivity index (χ0) is 8.67. The van der Waals surface area contributed by atoms with Gasteiger partial charge in [-0.05, 0) is 24.1 Å². The normalized spacial score (nSPS) is 16.0. The lowest BCUT2D eigenvalue weighted by Gasteiger charge is -2.13. The molecule has 0 bridgehead atoms. The SMILES string of the molecule is c1ccc2c(c1)nc1n2CCNS1. The number of hydrogen-bond acceptors (Lipinski definition) is 3. The van der Waals surface area contributed by atoms with Gasteiger partial charge < -0.3 is 4.57 Å². The van der Waals surface area contributed by atoms with E-state index in [4.69, 9.17) is 0 Å². The number of fused-ring (bicyclic) bond motifs is 3. The lowest BCUT2D eigenvalue weighted by molar-refractivity contribution is 0.622. The Labute approximate surface area is 80.3 Å². The predicted octanol–water partition coefficient (Wildman–Crippen LogP) is 1.65. The Morgan fingerprint density at radius 3 is 3.31 bits per heavy atom. The third-order valence-electron chi connectivity index (χ3n) is 2.22. The van der Waals surface area contributed by atoms with Gasteiger partial charge >= 0.3 is 0 Å². The number of para-hydroxylation sites is 2. The van der Waals surface area contributed by atoms with Crippen molar-refractivity contribution in [3.8, 4) is 0 Å². The van der Waals surface area contributed by atoms with E-state index in [0.29, 0.717) is 0 Å². The van der Waals surface area contributed by atoms with Crippen molar-refractivity contribution in [3.05, 3.63) is 24.3 Å². The van der Waals surface area contributed by atoms with Gasteiger partial charge in [-0.3, -0.25) is 4.72 Å². The van der Waals surface area contributed by atoms with Crippen molar-refractivity contribution in [1.29, 1.82) is 0 Å². The highest BCUT2D eigenvalue weighted by Crippen LogP contribution is 2.24. The zero-order valence-electron chi connectivity index (χ0n) is 7.03. The Balaban J connectivity index is 2.34. The van der Waals surface area contributed by atoms with Gasteiger partial charge in [0.25, 0.3) is 0 Å². The highest BCUT2D eigenvalue weighted by atomic mass is 32.2. The van der Waals surface area contributed by atoms with Gasteiger partial charge in [0.1, 0.15) is 0 Å². The summed E-state index contributed by atoms with van der Waals surface area (Å²) in [5.74, 6) is 0. The molecule has 0 amide bonds. The van der Waals surface area contributed by atoms with Gasteiger partial charge in [0, 0.05) is 13.1 Å². The van der Waals surface area contributed by atoms with E-state index in [9.17, 15) is 0 Å². The topological polar surface area (TPSA) is 29.9 Å². The molecule has 3 nitrogen and oxygen atoms in total. The smallest absolute Gasteiger partial charge is 0.184 e. The second kappa shape index (κ2) is 2.75. The number of benzene rings is 1. The standard InChI is InChI=1S/C9H9N3S/c1-2-4-8-7(3-1)11-9-12(8)6-5-10-13-9/h1-4,10H,5-6H2. The molecule has 0 saturated heterocycles. The number of rotatable bonds is 0. The third kappa shape index (κ3) is 1.06. The Morgan fingerprint density at radius 1 is 1.38 bits per heavy atom. The largest absolute Gasteiger partial charge is 0.317 e. The number of hydrogen-bond donors (Lipinski definition) is 1. The second-order valence-corrected chi connectivity index (χ2v) is 3.89. The van der Waals surface area contributed by atoms with E-state index in [1.165, 1.54) is 5.52 Å². The van der Waals surface area contributed by atoms with Crippen LogP contribution in [-0.4, -0.2) is 16.1 Å². The number of imidazole rings is 1. The van der Waals surface area contributed by atoms with Crippen LogP contribution in [0.15, 0.2) is 29.4 Å². The Morgan fingerprint density at radius 2 is 2.31 bits per heavy atom. The third-order valence-corrected chi connectivity index (χ3v) is 3.06. The van der Waals surface area contributed by atoms with E-state index < -0.39 is 0 Å². The molecule has 4 heteroatoms. The van der Waals surface area contributed by atoms with Crippen molar-refractivity contribution in [2.75, 3.05) is 6.54 Å². The molecular weight excluding hydrogens is 182 g/mol. The van der Waals surface area contributed by atoms with Crippen molar-refractivity contribution < 1.29 is 0 Å². The first-order valence-electron chi connectivity index (χ1n) is 4.30. The monoisotopic (exact) mass is 191 g/mol. The summed E-state index contributed by atoms with van der Waals surface area (Å²) in [6.45, 7) is 2.03. The molecule has 3 rings (SSSR count). The van der Waals surface area contributed by atoms with Gasteiger partial charge in [-0.2, -0.15) is 0 Å². The van der Waals surface area contributed by atoms with Crippen LogP contribution in [0.4, 0.5) is 0 Å². The van der Waals surface area contributed by atoms with Crippen LogP contribution >= 0.6 is 11.9 Å². The predicted molar refractivity (Wildman–Crippen MR) is 53.6 cm³/mol. The lowest BCUT2D eigenvalue weighted by atomic mass is 10.3. The summed E-state index contributed by atoms with van der Waals surface area (Å²) < 4.78 is 5.50. The van der Waals surface area contributed by atoms with Gasteiger partial charge in [-0.1, -0.05) is 12.1 Å². The number of nitrogens with zero attached hydrogens (tertiary/aromatic N) is 2. The lowest BCUT2D eigenvalue weighted by Crippen LogP contribution is -2.20. The van der Waals surface area contributed by atoms with Crippen LogP contribution in [0.25, 0.3) is 11.0 Å². The number of aromatic nitrogens is 2. The molecule has 13 heavy (non-hydrogen) atoms.